The van der Waals surface area contributed by atoms with E-state index in [1.807, 2.05) is 0 Å². The van der Waals surface area contributed by atoms with Crippen LogP contribution in [0.4, 0.5) is 27.5 Å². The predicted octanol–water partition coefficient (Wildman–Crippen LogP) is 5.73. The number of amides is 2. The number of benzene rings is 6. The fraction of sp³-hybridized carbons (Fsp3) is 0. The number of fused-ring (bicyclic) bond motifs is 2. The number of hydrogen-bond donors (Lipinski definition) is 6. The highest BCUT2D eigenvalue weighted by Crippen LogP contribution is 2.27. The van der Waals surface area contributed by atoms with Gasteiger partial charge in [-0.2, -0.15) is 16.8 Å². The van der Waals surface area contributed by atoms with Gasteiger partial charge in [0, 0.05) is 11.4 Å². The standard InChI is InChI=1S/C33H26N4O11S4/c38-33(34-25-11-7-21-9-13-29(17-23(21)15-25)49(39,40)36-27-3-1-5-31(19-27)51(43,44)45)35-26-12-8-22-10-14-30(18-24(22)16-26)50(41,42)37-28-4-2-6-32(20-28)52(46,47)48/h1-20,36-37H,(H2,34,35,38)(H,43,44,45)(H,46,47,48). The van der Waals surface area contributed by atoms with Crippen LogP contribution >= 0.6 is 0 Å². The average molecular weight is 783 g/mol. The van der Waals surface area contributed by atoms with Crippen molar-refractivity contribution in [2.24, 2.45) is 0 Å². The summed E-state index contributed by atoms with van der Waals surface area (Å²) in [7, 11) is -17.5. The van der Waals surface area contributed by atoms with Gasteiger partial charge in [-0.25, -0.2) is 21.6 Å². The smallest absolute Gasteiger partial charge is 0.308 e. The van der Waals surface area contributed by atoms with Crippen molar-refractivity contribution in [3.05, 3.63) is 121 Å². The van der Waals surface area contributed by atoms with Crippen LogP contribution in [0.3, 0.4) is 0 Å². The average Bonchev–Trinajstić information content (AvgIpc) is 3.06. The van der Waals surface area contributed by atoms with E-state index in [0.717, 1.165) is 24.3 Å². The Hall–Kier alpha value is -5.57. The molecule has 19 heteroatoms. The van der Waals surface area contributed by atoms with Gasteiger partial charge in [0.25, 0.3) is 40.3 Å². The van der Waals surface area contributed by atoms with Gasteiger partial charge in [-0.05, 0) is 106 Å². The van der Waals surface area contributed by atoms with E-state index < -0.39 is 56.1 Å². The Morgan fingerprint density at radius 3 is 1.17 bits per heavy atom. The molecule has 6 rings (SSSR count). The second-order valence-electron chi connectivity index (χ2n) is 11.2. The van der Waals surface area contributed by atoms with Crippen LogP contribution in [0.1, 0.15) is 0 Å². The largest absolute Gasteiger partial charge is 0.323 e. The van der Waals surface area contributed by atoms with Gasteiger partial charge in [-0.1, -0.05) is 36.4 Å². The molecular weight excluding hydrogens is 757 g/mol. The summed E-state index contributed by atoms with van der Waals surface area (Å²) in [6.45, 7) is 0. The number of anilines is 4. The van der Waals surface area contributed by atoms with Crippen LogP contribution in [-0.4, -0.2) is 48.8 Å². The topological polar surface area (TPSA) is 242 Å². The molecule has 0 heterocycles. The molecule has 0 radical (unpaired) electrons. The van der Waals surface area contributed by atoms with Gasteiger partial charge in [-0.3, -0.25) is 18.5 Å². The van der Waals surface area contributed by atoms with Crippen molar-refractivity contribution in [3.63, 3.8) is 0 Å². The zero-order chi connectivity index (χ0) is 37.5. The molecule has 6 N–H and O–H groups in total. The number of hydrogen-bond acceptors (Lipinski definition) is 9. The fourth-order valence-corrected chi connectivity index (χ4v) is 8.32. The van der Waals surface area contributed by atoms with E-state index in [1.165, 1.54) is 48.5 Å². The van der Waals surface area contributed by atoms with Crippen molar-refractivity contribution in [3.8, 4) is 0 Å². The molecule has 0 aromatic heterocycles. The first-order valence-corrected chi connectivity index (χ1v) is 20.6. The first kappa shape index (κ1) is 36.2. The zero-order valence-electron chi connectivity index (χ0n) is 26.2. The van der Waals surface area contributed by atoms with E-state index in [9.17, 15) is 47.6 Å². The van der Waals surface area contributed by atoms with Crippen LogP contribution in [0.5, 0.6) is 0 Å². The van der Waals surface area contributed by atoms with E-state index in [0.29, 0.717) is 32.9 Å². The molecule has 0 saturated heterocycles. The van der Waals surface area contributed by atoms with Crippen LogP contribution in [0.2, 0.25) is 0 Å². The summed E-state index contributed by atoms with van der Waals surface area (Å²) in [5, 5.41) is 7.53. The normalized spacial score (nSPS) is 12.3. The Morgan fingerprint density at radius 1 is 0.404 bits per heavy atom. The van der Waals surface area contributed by atoms with Gasteiger partial charge in [0.1, 0.15) is 0 Å². The summed E-state index contributed by atoms with van der Waals surface area (Å²) in [5.41, 5.74) is 0.447. The quantitative estimate of drug-likeness (QED) is 0.0917. The van der Waals surface area contributed by atoms with Crippen molar-refractivity contribution in [2.75, 3.05) is 20.1 Å². The second kappa shape index (κ2) is 13.5. The van der Waals surface area contributed by atoms with Crippen LogP contribution in [0.15, 0.2) is 141 Å². The molecule has 0 bridgehead atoms. The SMILES string of the molecule is O=C(Nc1ccc2ccc(S(=O)(=O)Nc3cccc(S(=O)(=O)O)c3)cc2c1)Nc1ccc2ccc(S(=O)(=O)Nc3cccc(S(=O)(=O)O)c3)cc2c1. The Bertz CT molecular complexity index is 2670. The molecule has 0 saturated carbocycles. The minimum atomic E-state index is -4.56. The van der Waals surface area contributed by atoms with Crippen molar-refractivity contribution >= 4 is 90.6 Å². The lowest BCUT2D eigenvalue weighted by Crippen LogP contribution is -2.19. The number of carbonyl (C=O) groups excluding carboxylic acids is 1. The van der Waals surface area contributed by atoms with E-state index in [-0.39, 0.29) is 21.2 Å². The highest BCUT2D eigenvalue weighted by atomic mass is 32.2. The van der Waals surface area contributed by atoms with E-state index >= 15 is 0 Å². The Labute approximate surface area is 297 Å². The number of rotatable bonds is 10. The highest BCUT2D eigenvalue weighted by molar-refractivity contribution is 7.93. The lowest BCUT2D eigenvalue weighted by atomic mass is 10.1. The van der Waals surface area contributed by atoms with Crippen LogP contribution in [0, 0.1) is 0 Å². The molecule has 0 aliphatic rings. The summed E-state index contributed by atoms with van der Waals surface area (Å²) in [4.78, 5) is 11.7. The van der Waals surface area contributed by atoms with Gasteiger partial charge >= 0.3 is 6.03 Å². The van der Waals surface area contributed by atoms with Gasteiger partial charge in [-0.15, -0.1) is 0 Å². The summed E-state index contributed by atoms with van der Waals surface area (Å²) >= 11 is 0. The number of carbonyl (C=O) groups is 1. The molecule has 268 valence electrons. The van der Waals surface area contributed by atoms with Crippen molar-refractivity contribution < 1.29 is 47.6 Å². The molecule has 0 aliphatic carbocycles. The van der Waals surface area contributed by atoms with E-state index in [4.69, 9.17) is 0 Å². The van der Waals surface area contributed by atoms with Gasteiger partial charge < -0.3 is 10.6 Å². The first-order valence-electron chi connectivity index (χ1n) is 14.7. The summed E-state index contributed by atoms with van der Waals surface area (Å²) < 4.78 is 121. The van der Waals surface area contributed by atoms with E-state index in [1.54, 1.807) is 48.5 Å². The fourth-order valence-electron chi connectivity index (χ4n) is 5.10. The summed E-state index contributed by atoms with van der Waals surface area (Å²) in [6, 6.07) is 26.8. The minimum Gasteiger partial charge on any atom is -0.308 e. The summed E-state index contributed by atoms with van der Waals surface area (Å²) in [5.74, 6) is 0. The summed E-state index contributed by atoms with van der Waals surface area (Å²) in [6.07, 6.45) is 0. The lowest BCUT2D eigenvalue weighted by molar-refractivity contribution is 0.262. The van der Waals surface area contributed by atoms with Gasteiger partial charge in [0.05, 0.1) is 31.0 Å². The van der Waals surface area contributed by atoms with Gasteiger partial charge in [0.15, 0.2) is 0 Å². The minimum absolute atomic E-state index is 0.0884. The Morgan fingerprint density at radius 2 is 0.788 bits per heavy atom. The molecule has 6 aromatic carbocycles. The maximum atomic E-state index is 13.1. The lowest BCUT2D eigenvalue weighted by Gasteiger charge is -2.12. The third kappa shape index (κ3) is 8.31. The Kier molecular flexibility index (Phi) is 9.42. The molecule has 0 unspecified atom stereocenters. The molecule has 0 atom stereocenters. The number of sulfonamides is 2. The molecule has 0 fully saturated rings. The Balaban J connectivity index is 1.17. The number of nitrogens with one attached hydrogen (secondary N) is 4. The van der Waals surface area contributed by atoms with Crippen LogP contribution < -0.4 is 20.1 Å². The van der Waals surface area contributed by atoms with Gasteiger partial charge in [0.2, 0.25) is 0 Å². The third-order valence-electron chi connectivity index (χ3n) is 7.53. The van der Waals surface area contributed by atoms with Crippen molar-refractivity contribution in [2.45, 2.75) is 19.6 Å². The maximum Gasteiger partial charge on any atom is 0.323 e. The second-order valence-corrected chi connectivity index (χ2v) is 17.5. The van der Waals surface area contributed by atoms with Crippen LogP contribution in [0.25, 0.3) is 21.5 Å². The van der Waals surface area contributed by atoms with Crippen LogP contribution in [-0.2, 0) is 40.3 Å². The molecule has 52 heavy (non-hydrogen) atoms. The molecule has 0 spiro atoms. The molecule has 0 aliphatic heterocycles. The van der Waals surface area contributed by atoms with E-state index in [2.05, 4.69) is 20.1 Å². The highest BCUT2D eigenvalue weighted by Gasteiger charge is 2.19. The van der Waals surface area contributed by atoms with Crippen molar-refractivity contribution in [1.29, 1.82) is 0 Å². The third-order valence-corrected chi connectivity index (χ3v) is 12.0. The monoisotopic (exact) mass is 782 g/mol. The predicted molar refractivity (Wildman–Crippen MR) is 195 cm³/mol. The molecule has 6 aromatic rings. The molecule has 15 nitrogen and oxygen atoms in total. The molecule has 2 amide bonds. The maximum absolute atomic E-state index is 13.1. The number of urea groups is 1. The zero-order valence-corrected chi connectivity index (χ0v) is 29.5. The molecular formula is C33H26N4O11S4. The van der Waals surface area contributed by atoms with Crippen molar-refractivity contribution in [1.82, 2.24) is 0 Å². The first-order chi connectivity index (χ1) is 24.4.